The zero-order valence-corrected chi connectivity index (χ0v) is 12.5. The Morgan fingerprint density at radius 2 is 1.67 bits per heavy atom. The second-order valence-corrected chi connectivity index (χ2v) is 4.54. The summed E-state index contributed by atoms with van der Waals surface area (Å²) in [5, 5.41) is 5.95. The number of ether oxygens (including phenoxy) is 2. The second-order valence-electron chi connectivity index (χ2n) is 4.54. The van der Waals surface area contributed by atoms with Gasteiger partial charge in [-0.05, 0) is 38.1 Å². The Hall–Kier alpha value is -2.57. The molecule has 0 saturated carbocycles. The molecule has 0 radical (unpaired) electrons. The molecule has 0 saturated heterocycles. The van der Waals surface area contributed by atoms with E-state index >= 15 is 0 Å². The highest BCUT2D eigenvalue weighted by Gasteiger charge is 2.06. The molecule has 2 N–H and O–H groups in total. The first kappa shape index (κ1) is 14.8. The average molecular weight is 289 g/mol. The standard InChI is InChI=1S/C14H19N5O2/c1-9(2)21-11-7-5-10(6-8-11)16-13-17-12(15-3)18-14(19-13)20-4/h5-9H,1-4H3,(H2,15,16,17,18,19). The maximum absolute atomic E-state index is 5.59. The summed E-state index contributed by atoms with van der Waals surface area (Å²) in [7, 11) is 3.24. The van der Waals surface area contributed by atoms with Crippen molar-refractivity contribution in [2.24, 2.45) is 0 Å². The van der Waals surface area contributed by atoms with Gasteiger partial charge in [-0.1, -0.05) is 0 Å². The third-order valence-electron chi connectivity index (χ3n) is 2.50. The molecule has 1 aromatic carbocycles. The van der Waals surface area contributed by atoms with Gasteiger partial charge in [-0.25, -0.2) is 0 Å². The van der Waals surface area contributed by atoms with Gasteiger partial charge in [0.15, 0.2) is 0 Å². The molecular formula is C14H19N5O2. The number of aromatic nitrogens is 3. The van der Waals surface area contributed by atoms with Gasteiger partial charge in [-0.3, -0.25) is 0 Å². The minimum atomic E-state index is 0.148. The molecule has 0 aliphatic rings. The number of hydrogen-bond acceptors (Lipinski definition) is 7. The molecular weight excluding hydrogens is 270 g/mol. The third-order valence-corrected chi connectivity index (χ3v) is 2.50. The SMILES string of the molecule is CNc1nc(Nc2ccc(OC(C)C)cc2)nc(OC)n1. The highest BCUT2D eigenvalue weighted by molar-refractivity contribution is 5.55. The summed E-state index contributed by atoms with van der Waals surface area (Å²) in [6.45, 7) is 3.98. The molecule has 7 heteroatoms. The van der Waals surface area contributed by atoms with Crippen LogP contribution in [0.1, 0.15) is 13.8 Å². The molecule has 112 valence electrons. The highest BCUT2D eigenvalue weighted by Crippen LogP contribution is 2.20. The van der Waals surface area contributed by atoms with Crippen LogP contribution in [0.15, 0.2) is 24.3 Å². The maximum atomic E-state index is 5.59. The minimum absolute atomic E-state index is 0.148. The summed E-state index contributed by atoms with van der Waals surface area (Å²) in [5.41, 5.74) is 0.849. The molecule has 0 aliphatic heterocycles. The first-order valence-electron chi connectivity index (χ1n) is 6.62. The lowest BCUT2D eigenvalue weighted by Crippen LogP contribution is -2.06. The number of benzene rings is 1. The second kappa shape index (κ2) is 6.74. The molecule has 21 heavy (non-hydrogen) atoms. The van der Waals surface area contributed by atoms with Crippen molar-refractivity contribution >= 4 is 17.6 Å². The van der Waals surface area contributed by atoms with Crippen LogP contribution in [0.4, 0.5) is 17.6 Å². The van der Waals surface area contributed by atoms with Gasteiger partial charge in [-0.15, -0.1) is 0 Å². The van der Waals surface area contributed by atoms with E-state index in [0.29, 0.717) is 11.9 Å². The lowest BCUT2D eigenvalue weighted by molar-refractivity contribution is 0.242. The van der Waals surface area contributed by atoms with E-state index in [-0.39, 0.29) is 12.1 Å². The number of nitrogens with one attached hydrogen (secondary N) is 2. The first-order chi connectivity index (χ1) is 10.1. The van der Waals surface area contributed by atoms with Crippen molar-refractivity contribution < 1.29 is 9.47 Å². The fraction of sp³-hybridized carbons (Fsp3) is 0.357. The Balaban J connectivity index is 2.14. The van der Waals surface area contributed by atoms with E-state index in [4.69, 9.17) is 9.47 Å². The Morgan fingerprint density at radius 1 is 1.00 bits per heavy atom. The van der Waals surface area contributed by atoms with E-state index in [9.17, 15) is 0 Å². The number of methoxy groups -OCH3 is 1. The fourth-order valence-electron chi connectivity index (χ4n) is 1.63. The van der Waals surface area contributed by atoms with Crippen molar-refractivity contribution in [2.45, 2.75) is 20.0 Å². The monoisotopic (exact) mass is 289 g/mol. The number of anilines is 3. The molecule has 2 aromatic rings. The lowest BCUT2D eigenvalue weighted by Gasteiger charge is -2.11. The largest absolute Gasteiger partial charge is 0.491 e. The summed E-state index contributed by atoms with van der Waals surface area (Å²) in [6.07, 6.45) is 0.148. The van der Waals surface area contributed by atoms with Crippen LogP contribution in [0.2, 0.25) is 0 Å². The normalized spacial score (nSPS) is 10.3. The van der Waals surface area contributed by atoms with E-state index in [2.05, 4.69) is 25.6 Å². The van der Waals surface area contributed by atoms with Gasteiger partial charge in [0.2, 0.25) is 11.9 Å². The summed E-state index contributed by atoms with van der Waals surface area (Å²) >= 11 is 0. The predicted octanol–water partition coefficient (Wildman–Crippen LogP) is 2.45. The average Bonchev–Trinajstić information content (AvgIpc) is 2.48. The number of nitrogens with zero attached hydrogens (tertiary/aromatic N) is 3. The van der Waals surface area contributed by atoms with Crippen molar-refractivity contribution in [3.05, 3.63) is 24.3 Å². The van der Waals surface area contributed by atoms with E-state index < -0.39 is 0 Å². The highest BCUT2D eigenvalue weighted by atomic mass is 16.5. The van der Waals surface area contributed by atoms with Crippen molar-refractivity contribution in [3.8, 4) is 11.8 Å². The van der Waals surface area contributed by atoms with E-state index in [1.165, 1.54) is 7.11 Å². The summed E-state index contributed by atoms with van der Waals surface area (Å²) in [5.74, 6) is 1.66. The molecule has 2 rings (SSSR count). The molecule has 0 atom stereocenters. The molecule has 0 fully saturated rings. The molecule has 7 nitrogen and oxygen atoms in total. The van der Waals surface area contributed by atoms with Crippen LogP contribution in [0.25, 0.3) is 0 Å². The van der Waals surface area contributed by atoms with Crippen molar-refractivity contribution in [2.75, 3.05) is 24.8 Å². The Kier molecular flexibility index (Phi) is 4.76. The number of rotatable bonds is 6. The van der Waals surface area contributed by atoms with Gasteiger partial charge in [0.1, 0.15) is 5.75 Å². The first-order valence-corrected chi connectivity index (χ1v) is 6.62. The Bertz CT molecular complexity index is 564. The van der Waals surface area contributed by atoms with E-state index in [0.717, 1.165) is 11.4 Å². The topological polar surface area (TPSA) is 81.2 Å². The molecule has 0 bridgehead atoms. The van der Waals surface area contributed by atoms with Gasteiger partial charge >= 0.3 is 6.01 Å². The van der Waals surface area contributed by atoms with Crippen LogP contribution in [0.5, 0.6) is 11.8 Å². The van der Waals surface area contributed by atoms with Crippen LogP contribution >= 0.6 is 0 Å². The van der Waals surface area contributed by atoms with E-state index in [1.54, 1.807) is 7.05 Å². The molecule has 0 amide bonds. The molecule has 1 heterocycles. The van der Waals surface area contributed by atoms with Crippen molar-refractivity contribution in [1.82, 2.24) is 15.0 Å². The quantitative estimate of drug-likeness (QED) is 0.845. The lowest BCUT2D eigenvalue weighted by atomic mass is 10.3. The van der Waals surface area contributed by atoms with Gasteiger partial charge in [0.25, 0.3) is 0 Å². The van der Waals surface area contributed by atoms with Gasteiger partial charge in [0, 0.05) is 12.7 Å². The maximum Gasteiger partial charge on any atom is 0.322 e. The smallest absolute Gasteiger partial charge is 0.322 e. The predicted molar refractivity (Wildman–Crippen MR) is 81.4 cm³/mol. The van der Waals surface area contributed by atoms with Crippen molar-refractivity contribution in [1.29, 1.82) is 0 Å². The van der Waals surface area contributed by atoms with Gasteiger partial charge < -0.3 is 20.1 Å². The minimum Gasteiger partial charge on any atom is -0.491 e. The molecule has 0 unspecified atom stereocenters. The molecule has 0 spiro atoms. The zero-order valence-electron chi connectivity index (χ0n) is 12.5. The van der Waals surface area contributed by atoms with Crippen LogP contribution in [-0.4, -0.2) is 35.2 Å². The number of hydrogen-bond donors (Lipinski definition) is 2. The van der Waals surface area contributed by atoms with E-state index in [1.807, 2.05) is 38.1 Å². The zero-order chi connectivity index (χ0) is 15.2. The van der Waals surface area contributed by atoms with Crippen LogP contribution < -0.4 is 20.1 Å². The van der Waals surface area contributed by atoms with Gasteiger partial charge in [0.05, 0.1) is 13.2 Å². The van der Waals surface area contributed by atoms with Crippen molar-refractivity contribution in [3.63, 3.8) is 0 Å². The Morgan fingerprint density at radius 3 is 2.24 bits per heavy atom. The molecule has 0 aliphatic carbocycles. The summed E-state index contributed by atoms with van der Waals surface area (Å²) in [6, 6.07) is 7.82. The van der Waals surface area contributed by atoms with Crippen LogP contribution in [0.3, 0.4) is 0 Å². The fourth-order valence-corrected chi connectivity index (χ4v) is 1.63. The van der Waals surface area contributed by atoms with Gasteiger partial charge in [-0.2, -0.15) is 15.0 Å². The summed E-state index contributed by atoms with van der Waals surface area (Å²) in [4.78, 5) is 12.4. The van der Waals surface area contributed by atoms with Crippen LogP contribution in [0, 0.1) is 0 Å². The summed E-state index contributed by atoms with van der Waals surface area (Å²) < 4.78 is 10.6. The molecule has 1 aromatic heterocycles. The van der Waals surface area contributed by atoms with Crippen LogP contribution in [-0.2, 0) is 0 Å². The Labute approximate surface area is 123 Å². The third kappa shape index (κ3) is 4.20.